The number of rotatable bonds is 5. The van der Waals surface area contributed by atoms with Crippen LogP contribution in [0.1, 0.15) is 18.1 Å². The summed E-state index contributed by atoms with van der Waals surface area (Å²) in [5.74, 6) is 3.28. The minimum Gasteiger partial charge on any atom is -0.493 e. The lowest BCUT2D eigenvalue weighted by Crippen LogP contribution is -2.17. The highest BCUT2D eigenvalue weighted by Crippen LogP contribution is 2.26. The van der Waals surface area contributed by atoms with Gasteiger partial charge in [-0.3, -0.25) is 0 Å². The van der Waals surface area contributed by atoms with Gasteiger partial charge in [0.2, 0.25) is 0 Å². The molecule has 1 aliphatic rings. The maximum atomic E-state index is 5.71. The minimum atomic E-state index is 0.304. The molecule has 16 heavy (non-hydrogen) atoms. The summed E-state index contributed by atoms with van der Waals surface area (Å²) >= 11 is 1.93. The van der Waals surface area contributed by atoms with E-state index in [1.165, 1.54) is 11.1 Å². The van der Waals surface area contributed by atoms with Crippen molar-refractivity contribution in [3.05, 3.63) is 29.3 Å². The number of hydrogen-bond donors (Lipinski definition) is 1. The van der Waals surface area contributed by atoms with Crippen molar-refractivity contribution >= 4 is 11.8 Å². The van der Waals surface area contributed by atoms with Crippen LogP contribution in [0.25, 0.3) is 0 Å². The molecule has 1 atom stereocenters. The third-order valence-corrected chi connectivity index (χ3v) is 3.92. The Bertz CT molecular complexity index is 352. The second kappa shape index (κ2) is 5.60. The summed E-state index contributed by atoms with van der Waals surface area (Å²) in [6.45, 7) is 2.90. The molecule has 0 saturated carbocycles. The topological polar surface area (TPSA) is 35.2 Å². The van der Waals surface area contributed by atoms with Crippen LogP contribution < -0.4 is 10.5 Å². The fourth-order valence-electron chi connectivity index (χ4n) is 1.85. The molecule has 3 heteroatoms. The average molecular weight is 237 g/mol. The zero-order valence-corrected chi connectivity index (χ0v) is 10.6. The normalized spacial score (nSPS) is 15.6. The maximum Gasteiger partial charge on any atom is 0.122 e. The van der Waals surface area contributed by atoms with E-state index in [-0.39, 0.29) is 0 Å². The largest absolute Gasteiger partial charge is 0.493 e. The molecule has 2 nitrogen and oxygen atoms in total. The first-order valence-electron chi connectivity index (χ1n) is 5.83. The number of fused-ring (bicyclic) bond motifs is 1. The number of aryl methyl sites for hydroxylation is 1. The first kappa shape index (κ1) is 11.8. The molecule has 0 aromatic heterocycles. The molecule has 0 radical (unpaired) electrons. The Morgan fingerprint density at radius 1 is 1.50 bits per heavy atom. The van der Waals surface area contributed by atoms with Gasteiger partial charge in [-0.25, -0.2) is 0 Å². The molecule has 0 spiro atoms. The molecule has 1 aliphatic heterocycles. The summed E-state index contributed by atoms with van der Waals surface area (Å²) < 4.78 is 5.49. The fraction of sp³-hybridized carbons (Fsp3) is 0.538. The molecule has 0 saturated heterocycles. The predicted molar refractivity (Wildman–Crippen MR) is 70.3 cm³/mol. The number of nitrogens with two attached hydrogens (primary N) is 1. The van der Waals surface area contributed by atoms with Crippen molar-refractivity contribution in [3.8, 4) is 5.75 Å². The fourth-order valence-corrected chi connectivity index (χ4v) is 2.77. The molecule has 2 N–H and O–H groups in total. The van der Waals surface area contributed by atoms with Gasteiger partial charge in [0.25, 0.3) is 0 Å². The molecule has 0 bridgehead atoms. The quantitative estimate of drug-likeness (QED) is 0.798. The molecule has 88 valence electrons. The van der Waals surface area contributed by atoms with Crippen LogP contribution in [0.5, 0.6) is 5.75 Å². The van der Waals surface area contributed by atoms with Gasteiger partial charge in [0.15, 0.2) is 0 Å². The lowest BCUT2D eigenvalue weighted by atomic mass is 10.1. The maximum absolute atomic E-state index is 5.71. The summed E-state index contributed by atoms with van der Waals surface area (Å²) in [6.07, 6.45) is 2.20. The van der Waals surface area contributed by atoms with Gasteiger partial charge in [0.1, 0.15) is 5.75 Å². The Labute approximate surface area is 102 Å². The second-order valence-corrected chi connectivity index (χ2v) is 5.49. The smallest absolute Gasteiger partial charge is 0.122 e. The molecular formula is C13H19NOS. The van der Waals surface area contributed by atoms with Crippen LogP contribution in [0.2, 0.25) is 0 Å². The summed E-state index contributed by atoms with van der Waals surface area (Å²) in [4.78, 5) is 0. The molecule has 1 heterocycles. The highest BCUT2D eigenvalue weighted by molar-refractivity contribution is 7.99. The van der Waals surface area contributed by atoms with Crippen LogP contribution in [0.4, 0.5) is 0 Å². The van der Waals surface area contributed by atoms with Gasteiger partial charge in [0.05, 0.1) is 6.61 Å². The van der Waals surface area contributed by atoms with E-state index in [4.69, 9.17) is 10.5 Å². The van der Waals surface area contributed by atoms with Crippen molar-refractivity contribution in [3.63, 3.8) is 0 Å². The van der Waals surface area contributed by atoms with Crippen molar-refractivity contribution in [2.45, 2.75) is 25.8 Å². The van der Waals surface area contributed by atoms with Crippen molar-refractivity contribution in [2.24, 2.45) is 5.73 Å². The standard InChI is InChI=1S/C13H19NOS/c1-10(14)9-16-7-5-11-2-3-13-12(8-11)4-6-15-13/h2-3,8,10H,4-7,9,14H2,1H3. The molecule has 1 unspecified atom stereocenters. The van der Waals surface area contributed by atoms with Gasteiger partial charge in [-0.1, -0.05) is 12.1 Å². The first-order chi connectivity index (χ1) is 7.75. The number of thioether (sulfide) groups is 1. The van der Waals surface area contributed by atoms with E-state index in [9.17, 15) is 0 Å². The molecule has 2 rings (SSSR count). The van der Waals surface area contributed by atoms with Crippen molar-refractivity contribution in [2.75, 3.05) is 18.1 Å². The van der Waals surface area contributed by atoms with Gasteiger partial charge in [-0.05, 0) is 36.3 Å². The average Bonchev–Trinajstić information content (AvgIpc) is 2.71. The number of benzene rings is 1. The van der Waals surface area contributed by atoms with E-state index >= 15 is 0 Å². The van der Waals surface area contributed by atoms with E-state index in [0.29, 0.717) is 6.04 Å². The lowest BCUT2D eigenvalue weighted by molar-refractivity contribution is 0.357. The monoisotopic (exact) mass is 237 g/mol. The van der Waals surface area contributed by atoms with Crippen LogP contribution in [0.3, 0.4) is 0 Å². The van der Waals surface area contributed by atoms with Crippen molar-refractivity contribution in [1.82, 2.24) is 0 Å². The SMILES string of the molecule is CC(N)CSCCc1ccc2c(c1)CCO2. The van der Waals surface area contributed by atoms with Crippen molar-refractivity contribution < 1.29 is 4.74 Å². The second-order valence-electron chi connectivity index (χ2n) is 4.34. The van der Waals surface area contributed by atoms with E-state index < -0.39 is 0 Å². The van der Waals surface area contributed by atoms with Gasteiger partial charge < -0.3 is 10.5 Å². The van der Waals surface area contributed by atoms with E-state index in [2.05, 4.69) is 25.1 Å². The zero-order valence-electron chi connectivity index (χ0n) is 9.74. The van der Waals surface area contributed by atoms with E-state index in [1.54, 1.807) is 0 Å². The summed E-state index contributed by atoms with van der Waals surface area (Å²) in [5.41, 5.74) is 8.50. The van der Waals surface area contributed by atoms with E-state index in [0.717, 1.165) is 36.7 Å². The summed E-state index contributed by atoms with van der Waals surface area (Å²) in [5, 5.41) is 0. The van der Waals surface area contributed by atoms with Gasteiger partial charge in [-0.2, -0.15) is 11.8 Å². The number of hydrogen-bond acceptors (Lipinski definition) is 3. The highest BCUT2D eigenvalue weighted by atomic mass is 32.2. The molecule has 0 fully saturated rings. The van der Waals surface area contributed by atoms with Gasteiger partial charge >= 0.3 is 0 Å². The van der Waals surface area contributed by atoms with Crippen LogP contribution in [-0.2, 0) is 12.8 Å². The summed E-state index contributed by atoms with van der Waals surface area (Å²) in [7, 11) is 0. The molecular weight excluding hydrogens is 218 g/mol. The van der Waals surface area contributed by atoms with Crippen LogP contribution in [0, 0.1) is 0 Å². The van der Waals surface area contributed by atoms with Crippen LogP contribution in [0.15, 0.2) is 18.2 Å². The lowest BCUT2D eigenvalue weighted by Gasteiger charge is -2.06. The summed E-state index contributed by atoms with van der Waals surface area (Å²) in [6, 6.07) is 6.87. The third kappa shape index (κ3) is 3.16. The number of ether oxygens (including phenoxy) is 1. The molecule has 0 aliphatic carbocycles. The van der Waals surface area contributed by atoms with Gasteiger partial charge in [-0.15, -0.1) is 0 Å². The molecule has 1 aromatic rings. The zero-order chi connectivity index (χ0) is 11.4. The molecule has 1 aromatic carbocycles. The third-order valence-electron chi connectivity index (χ3n) is 2.67. The molecule has 0 amide bonds. The Morgan fingerprint density at radius 2 is 2.38 bits per heavy atom. The Kier molecular flexibility index (Phi) is 4.13. The Morgan fingerprint density at radius 3 is 3.19 bits per heavy atom. The minimum absolute atomic E-state index is 0.304. The van der Waals surface area contributed by atoms with Crippen LogP contribution >= 0.6 is 11.8 Å². The first-order valence-corrected chi connectivity index (χ1v) is 6.99. The van der Waals surface area contributed by atoms with Gasteiger partial charge in [0, 0.05) is 18.2 Å². The van der Waals surface area contributed by atoms with Crippen LogP contribution in [-0.4, -0.2) is 24.2 Å². The van der Waals surface area contributed by atoms with Crippen molar-refractivity contribution in [1.29, 1.82) is 0 Å². The Balaban J connectivity index is 1.81. The Hall–Kier alpha value is -0.670. The predicted octanol–water partition coefficient (Wildman–Crippen LogP) is 2.24. The van der Waals surface area contributed by atoms with E-state index in [1.807, 2.05) is 11.8 Å². The highest BCUT2D eigenvalue weighted by Gasteiger charge is 2.11.